The van der Waals surface area contributed by atoms with Crippen LogP contribution in [0.5, 0.6) is 28.7 Å². The quantitative estimate of drug-likeness (QED) is 0.377. The fourth-order valence-corrected chi connectivity index (χ4v) is 2.41. The van der Waals surface area contributed by atoms with E-state index in [9.17, 15) is 30.0 Å². The van der Waals surface area contributed by atoms with Gasteiger partial charge in [-0.25, -0.2) is 4.79 Å². The number of phenolic OH excluding ortho intramolecular Hbond substituents is 3. The Balaban J connectivity index is 2.08. The number of phenols is 4. The van der Waals surface area contributed by atoms with Crippen LogP contribution in [0.2, 0.25) is 0 Å². The number of aryl methyl sites for hydroxylation is 2. The van der Waals surface area contributed by atoms with Gasteiger partial charge in [0.15, 0.2) is 11.5 Å². The van der Waals surface area contributed by atoms with Crippen molar-refractivity contribution in [2.75, 3.05) is 0 Å². The molecule has 0 radical (unpaired) electrons. The molecule has 2 aromatic carbocycles. The average Bonchev–Trinajstić information content (AvgIpc) is 2.54. The zero-order valence-electron chi connectivity index (χ0n) is 13.0. The number of aromatic hydroxyl groups is 4. The SMILES string of the molecule is O=COc1cc(O)c(CCCc2cc(O)c(C(=O)O)cc2O)cc1O. The third kappa shape index (κ3) is 4.11. The Morgan fingerprint density at radius 1 is 0.880 bits per heavy atom. The first-order valence-electron chi connectivity index (χ1n) is 7.26. The molecule has 0 spiro atoms. The van der Waals surface area contributed by atoms with Crippen LogP contribution in [-0.4, -0.2) is 38.0 Å². The van der Waals surface area contributed by atoms with E-state index in [2.05, 4.69) is 4.74 Å². The lowest BCUT2D eigenvalue weighted by atomic mass is 10.0. The van der Waals surface area contributed by atoms with Crippen molar-refractivity contribution in [1.29, 1.82) is 0 Å². The highest BCUT2D eigenvalue weighted by molar-refractivity contribution is 5.91. The van der Waals surface area contributed by atoms with Crippen LogP contribution in [0.25, 0.3) is 0 Å². The first kappa shape index (κ1) is 17.9. The Morgan fingerprint density at radius 3 is 2.00 bits per heavy atom. The molecule has 0 fully saturated rings. The molecule has 0 aliphatic carbocycles. The van der Waals surface area contributed by atoms with Gasteiger partial charge in [0.05, 0.1) is 0 Å². The van der Waals surface area contributed by atoms with E-state index in [4.69, 9.17) is 5.11 Å². The zero-order valence-corrected chi connectivity index (χ0v) is 13.0. The van der Waals surface area contributed by atoms with Crippen molar-refractivity contribution < 1.29 is 39.9 Å². The molecule has 25 heavy (non-hydrogen) atoms. The molecule has 0 aromatic heterocycles. The summed E-state index contributed by atoms with van der Waals surface area (Å²) >= 11 is 0. The molecular weight excluding hydrogens is 332 g/mol. The number of benzene rings is 2. The first-order valence-corrected chi connectivity index (χ1v) is 7.26. The zero-order chi connectivity index (χ0) is 18.6. The summed E-state index contributed by atoms with van der Waals surface area (Å²) < 4.78 is 4.51. The summed E-state index contributed by atoms with van der Waals surface area (Å²) in [6, 6.07) is 4.53. The van der Waals surface area contributed by atoms with Crippen molar-refractivity contribution in [2.45, 2.75) is 19.3 Å². The summed E-state index contributed by atoms with van der Waals surface area (Å²) in [5.41, 5.74) is 0.364. The van der Waals surface area contributed by atoms with E-state index in [0.717, 1.165) is 12.1 Å². The lowest BCUT2D eigenvalue weighted by Crippen LogP contribution is -1.99. The van der Waals surface area contributed by atoms with Gasteiger partial charge in [-0.3, -0.25) is 4.79 Å². The smallest absolute Gasteiger partial charge is 0.339 e. The molecule has 8 heteroatoms. The Bertz CT molecular complexity index is 813. The lowest BCUT2D eigenvalue weighted by molar-refractivity contribution is -0.120. The summed E-state index contributed by atoms with van der Waals surface area (Å²) in [6.45, 7) is 0.129. The summed E-state index contributed by atoms with van der Waals surface area (Å²) in [5.74, 6) is -2.68. The second kappa shape index (κ2) is 7.43. The highest BCUT2D eigenvalue weighted by Crippen LogP contribution is 2.34. The second-order valence-electron chi connectivity index (χ2n) is 5.32. The van der Waals surface area contributed by atoms with E-state index >= 15 is 0 Å². The Labute approximate surface area is 142 Å². The number of carbonyl (C=O) groups is 2. The summed E-state index contributed by atoms with van der Waals surface area (Å²) in [5, 5.41) is 47.9. The molecule has 2 rings (SSSR count). The van der Waals surface area contributed by atoms with E-state index in [1.807, 2.05) is 0 Å². The molecule has 8 nitrogen and oxygen atoms in total. The van der Waals surface area contributed by atoms with E-state index in [1.54, 1.807) is 0 Å². The summed E-state index contributed by atoms with van der Waals surface area (Å²) in [7, 11) is 0. The van der Waals surface area contributed by atoms with Crippen molar-refractivity contribution >= 4 is 12.4 Å². The number of carboxylic acid groups (broad SMARTS) is 1. The molecule has 5 N–H and O–H groups in total. The van der Waals surface area contributed by atoms with Gasteiger partial charge in [0, 0.05) is 6.07 Å². The third-order valence-electron chi connectivity index (χ3n) is 3.65. The maximum Gasteiger partial charge on any atom is 0.339 e. The monoisotopic (exact) mass is 348 g/mol. The van der Waals surface area contributed by atoms with Gasteiger partial charge in [-0.15, -0.1) is 0 Å². The number of carbonyl (C=O) groups excluding carboxylic acids is 1. The van der Waals surface area contributed by atoms with Crippen molar-refractivity contribution in [1.82, 2.24) is 0 Å². The van der Waals surface area contributed by atoms with Gasteiger partial charge in [0.25, 0.3) is 6.47 Å². The lowest BCUT2D eigenvalue weighted by Gasteiger charge is -2.10. The molecule has 0 saturated carbocycles. The molecular formula is C17H16O8. The number of hydrogen-bond acceptors (Lipinski definition) is 7. The van der Waals surface area contributed by atoms with Gasteiger partial charge in [-0.1, -0.05) is 0 Å². The van der Waals surface area contributed by atoms with Crippen LogP contribution in [0.4, 0.5) is 0 Å². The van der Waals surface area contributed by atoms with Crippen LogP contribution >= 0.6 is 0 Å². The number of aromatic carboxylic acids is 1. The van der Waals surface area contributed by atoms with Crippen molar-refractivity contribution in [3.63, 3.8) is 0 Å². The predicted octanol–water partition coefficient (Wildman–Crippen LogP) is 1.92. The Morgan fingerprint density at radius 2 is 1.44 bits per heavy atom. The first-order chi connectivity index (χ1) is 11.8. The molecule has 2 aromatic rings. The average molecular weight is 348 g/mol. The maximum absolute atomic E-state index is 10.9. The van der Waals surface area contributed by atoms with Crippen LogP contribution in [0.1, 0.15) is 27.9 Å². The molecule has 132 valence electrons. The van der Waals surface area contributed by atoms with Crippen LogP contribution in [0, 0.1) is 0 Å². The van der Waals surface area contributed by atoms with E-state index in [0.29, 0.717) is 30.4 Å². The number of rotatable bonds is 7. The fraction of sp³-hybridized carbons (Fsp3) is 0.176. The standard InChI is InChI=1S/C17H16O8/c18-8-25-16-7-13(20)10(5-15(16)22)3-1-2-9-4-14(21)11(17(23)24)6-12(9)19/h4-8,19-22H,1-3H2,(H,23,24). The molecule has 0 heterocycles. The van der Waals surface area contributed by atoms with E-state index in [1.165, 1.54) is 12.1 Å². The van der Waals surface area contributed by atoms with Crippen molar-refractivity contribution in [3.05, 3.63) is 41.0 Å². The molecule has 0 saturated heterocycles. The van der Waals surface area contributed by atoms with Gasteiger partial charge in [0.1, 0.15) is 22.8 Å². The van der Waals surface area contributed by atoms with Crippen molar-refractivity contribution in [2.24, 2.45) is 0 Å². The van der Waals surface area contributed by atoms with Crippen LogP contribution in [0.15, 0.2) is 24.3 Å². The topological polar surface area (TPSA) is 145 Å². The third-order valence-corrected chi connectivity index (χ3v) is 3.65. The van der Waals surface area contributed by atoms with E-state index in [-0.39, 0.29) is 29.5 Å². The minimum absolute atomic E-state index is 0.129. The predicted molar refractivity (Wildman–Crippen MR) is 85.2 cm³/mol. The highest BCUT2D eigenvalue weighted by Gasteiger charge is 2.15. The number of ether oxygens (including phenoxy) is 1. The molecule has 0 atom stereocenters. The molecule has 0 amide bonds. The highest BCUT2D eigenvalue weighted by atomic mass is 16.5. The fourth-order valence-electron chi connectivity index (χ4n) is 2.41. The minimum atomic E-state index is -1.35. The molecule has 0 unspecified atom stereocenters. The van der Waals surface area contributed by atoms with Crippen LogP contribution < -0.4 is 4.74 Å². The minimum Gasteiger partial charge on any atom is -0.508 e. The molecule has 0 aliphatic rings. The summed E-state index contributed by atoms with van der Waals surface area (Å²) in [6.07, 6.45) is 1.05. The maximum atomic E-state index is 10.9. The molecule has 0 bridgehead atoms. The van der Waals surface area contributed by atoms with Gasteiger partial charge in [-0.2, -0.15) is 0 Å². The normalized spacial score (nSPS) is 10.4. The number of hydrogen-bond donors (Lipinski definition) is 5. The van der Waals surface area contributed by atoms with Crippen LogP contribution in [-0.2, 0) is 17.6 Å². The van der Waals surface area contributed by atoms with E-state index < -0.39 is 17.3 Å². The Hall–Kier alpha value is -3.42. The van der Waals surface area contributed by atoms with Gasteiger partial charge in [-0.05, 0) is 48.6 Å². The van der Waals surface area contributed by atoms with Gasteiger partial charge in [0.2, 0.25) is 0 Å². The largest absolute Gasteiger partial charge is 0.508 e. The van der Waals surface area contributed by atoms with Crippen LogP contribution in [0.3, 0.4) is 0 Å². The molecule has 0 aliphatic heterocycles. The Kier molecular flexibility index (Phi) is 5.33. The second-order valence-corrected chi connectivity index (χ2v) is 5.32. The van der Waals surface area contributed by atoms with Gasteiger partial charge < -0.3 is 30.3 Å². The van der Waals surface area contributed by atoms with Gasteiger partial charge >= 0.3 is 5.97 Å². The van der Waals surface area contributed by atoms with Crippen molar-refractivity contribution in [3.8, 4) is 28.7 Å². The summed E-state index contributed by atoms with van der Waals surface area (Å²) in [4.78, 5) is 21.2. The number of carboxylic acids is 1.